The summed E-state index contributed by atoms with van der Waals surface area (Å²) < 4.78 is 0. The van der Waals surface area contributed by atoms with Crippen molar-refractivity contribution in [2.24, 2.45) is 10.9 Å². The Morgan fingerprint density at radius 2 is 1.96 bits per heavy atom. The molecule has 1 aromatic rings. The Bertz CT molecular complexity index is 702. The van der Waals surface area contributed by atoms with Crippen molar-refractivity contribution in [1.29, 1.82) is 0 Å². The van der Waals surface area contributed by atoms with Gasteiger partial charge < -0.3 is 20.9 Å². The van der Waals surface area contributed by atoms with Crippen LogP contribution in [0.25, 0.3) is 0 Å². The highest BCUT2D eigenvalue weighted by Gasteiger charge is 2.27. The van der Waals surface area contributed by atoms with E-state index in [1.165, 1.54) is 0 Å². The Morgan fingerprint density at radius 1 is 1.21 bits per heavy atom. The highest BCUT2D eigenvalue weighted by atomic mass is 16.2. The summed E-state index contributed by atoms with van der Waals surface area (Å²) in [6.45, 7) is 11.1. The summed E-state index contributed by atoms with van der Waals surface area (Å²) in [5.41, 5.74) is 1.62. The summed E-state index contributed by atoms with van der Waals surface area (Å²) in [6, 6.07) is 7.72. The van der Waals surface area contributed by atoms with Crippen LogP contribution in [0.5, 0.6) is 0 Å². The van der Waals surface area contributed by atoms with Gasteiger partial charge in [0, 0.05) is 43.7 Å². The van der Waals surface area contributed by atoms with Crippen LogP contribution in [0, 0.1) is 5.92 Å². The standard InChI is InChI=1S/C21H33N5O2/c1-5-22-19(27)17-9-7-8-16(12-17)13-24-21(23-6-2)25-18-10-11-26(14-18)20(28)15(3)4/h7-9,12,15,18H,5-6,10-11,13-14H2,1-4H3,(H,22,27)(H2,23,24,25). The van der Waals surface area contributed by atoms with Gasteiger partial charge in [-0.15, -0.1) is 0 Å². The van der Waals surface area contributed by atoms with Crippen molar-refractivity contribution in [3.05, 3.63) is 35.4 Å². The maximum atomic E-state index is 12.2. The van der Waals surface area contributed by atoms with Crippen LogP contribution in [-0.4, -0.2) is 54.9 Å². The molecule has 1 aliphatic rings. The van der Waals surface area contributed by atoms with E-state index < -0.39 is 0 Å². The molecule has 154 valence electrons. The molecule has 1 unspecified atom stereocenters. The Kier molecular flexibility index (Phi) is 8.29. The van der Waals surface area contributed by atoms with Gasteiger partial charge in [0.1, 0.15) is 0 Å². The third kappa shape index (κ3) is 6.25. The number of benzene rings is 1. The van der Waals surface area contributed by atoms with Crippen LogP contribution < -0.4 is 16.0 Å². The van der Waals surface area contributed by atoms with Crippen LogP contribution in [-0.2, 0) is 11.3 Å². The molecule has 2 rings (SSSR count). The third-order valence-corrected chi connectivity index (χ3v) is 4.63. The highest BCUT2D eigenvalue weighted by Crippen LogP contribution is 2.13. The van der Waals surface area contributed by atoms with Crippen molar-refractivity contribution in [3.63, 3.8) is 0 Å². The van der Waals surface area contributed by atoms with Gasteiger partial charge in [-0.25, -0.2) is 4.99 Å². The van der Waals surface area contributed by atoms with E-state index in [9.17, 15) is 9.59 Å². The van der Waals surface area contributed by atoms with E-state index >= 15 is 0 Å². The normalized spacial score (nSPS) is 17.0. The fraction of sp³-hybridized carbons (Fsp3) is 0.571. The number of likely N-dealkylation sites (tertiary alicyclic amines) is 1. The fourth-order valence-corrected chi connectivity index (χ4v) is 3.20. The Morgan fingerprint density at radius 3 is 2.64 bits per heavy atom. The first-order valence-electron chi connectivity index (χ1n) is 10.1. The molecule has 0 spiro atoms. The average molecular weight is 388 g/mol. The van der Waals surface area contributed by atoms with E-state index in [4.69, 9.17) is 0 Å². The molecule has 3 N–H and O–H groups in total. The lowest BCUT2D eigenvalue weighted by atomic mass is 10.1. The second-order valence-electron chi connectivity index (χ2n) is 7.32. The molecule has 0 radical (unpaired) electrons. The molecule has 1 aliphatic heterocycles. The topological polar surface area (TPSA) is 85.8 Å². The number of carbonyl (C=O) groups excluding carboxylic acids is 2. The van der Waals surface area contributed by atoms with Crippen molar-refractivity contribution < 1.29 is 9.59 Å². The SMILES string of the molecule is CCNC(=O)c1cccc(CN=C(NCC)NC2CCN(C(=O)C(C)C)C2)c1. The molecule has 7 nitrogen and oxygen atoms in total. The molecular weight excluding hydrogens is 354 g/mol. The predicted octanol–water partition coefficient (Wildman–Crippen LogP) is 1.75. The minimum atomic E-state index is -0.0702. The molecule has 0 bridgehead atoms. The monoisotopic (exact) mass is 387 g/mol. The lowest BCUT2D eigenvalue weighted by molar-refractivity contribution is -0.133. The maximum Gasteiger partial charge on any atom is 0.251 e. The van der Waals surface area contributed by atoms with E-state index in [1.54, 1.807) is 6.07 Å². The first-order valence-corrected chi connectivity index (χ1v) is 10.1. The van der Waals surface area contributed by atoms with Crippen LogP contribution in [0.15, 0.2) is 29.3 Å². The smallest absolute Gasteiger partial charge is 0.251 e. The number of nitrogens with one attached hydrogen (secondary N) is 3. The van der Waals surface area contributed by atoms with Gasteiger partial charge in [0.15, 0.2) is 5.96 Å². The van der Waals surface area contributed by atoms with E-state index in [1.807, 2.05) is 50.8 Å². The van der Waals surface area contributed by atoms with Crippen LogP contribution in [0.4, 0.5) is 0 Å². The molecule has 0 aliphatic carbocycles. The van der Waals surface area contributed by atoms with Gasteiger partial charge in [-0.2, -0.15) is 0 Å². The van der Waals surface area contributed by atoms with E-state index in [-0.39, 0.29) is 23.8 Å². The molecule has 7 heteroatoms. The van der Waals surface area contributed by atoms with Crippen LogP contribution in [0.3, 0.4) is 0 Å². The van der Waals surface area contributed by atoms with Crippen molar-refractivity contribution in [2.45, 2.75) is 46.7 Å². The zero-order valence-corrected chi connectivity index (χ0v) is 17.4. The zero-order valence-electron chi connectivity index (χ0n) is 17.4. The molecule has 0 aromatic heterocycles. The lowest BCUT2D eigenvalue weighted by Crippen LogP contribution is -2.45. The Labute approximate surface area is 168 Å². The van der Waals surface area contributed by atoms with E-state index in [0.29, 0.717) is 25.2 Å². The zero-order chi connectivity index (χ0) is 20.5. The first kappa shape index (κ1) is 21.7. The summed E-state index contributed by atoms with van der Waals surface area (Å²) in [4.78, 5) is 30.7. The minimum absolute atomic E-state index is 0.0258. The number of amides is 2. The summed E-state index contributed by atoms with van der Waals surface area (Å²) in [7, 11) is 0. The van der Waals surface area contributed by atoms with E-state index in [2.05, 4.69) is 20.9 Å². The maximum absolute atomic E-state index is 12.2. The number of aliphatic imine (C=N–C) groups is 1. The molecule has 1 fully saturated rings. The Hall–Kier alpha value is -2.57. The number of guanidine groups is 1. The summed E-state index contributed by atoms with van der Waals surface area (Å²) in [6.07, 6.45) is 0.912. The number of nitrogens with zero attached hydrogens (tertiary/aromatic N) is 2. The number of carbonyl (C=O) groups is 2. The van der Waals surface area contributed by atoms with Crippen molar-refractivity contribution in [3.8, 4) is 0 Å². The fourth-order valence-electron chi connectivity index (χ4n) is 3.20. The van der Waals surface area contributed by atoms with Crippen LogP contribution >= 0.6 is 0 Å². The van der Waals surface area contributed by atoms with Crippen molar-refractivity contribution >= 4 is 17.8 Å². The number of hydrogen-bond donors (Lipinski definition) is 3. The first-order chi connectivity index (χ1) is 13.4. The Balaban J connectivity index is 1.98. The van der Waals surface area contributed by atoms with Gasteiger partial charge >= 0.3 is 0 Å². The molecule has 1 atom stereocenters. The summed E-state index contributed by atoms with van der Waals surface area (Å²) in [5.74, 6) is 0.889. The third-order valence-electron chi connectivity index (χ3n) is 4.63. The van der Waals surface area contributed by atoms with Crippen LogP contribution in [0.2, 0.25) is 0 Å². The molecule has 0 saturated carbocycles. The van der Waals surface area contributed by atoms with Gasteiger partial charge in [-0.1, -0.05) is 26.0 Å². The molecule has 28 heavy (non-hydrogen) atoms. The second-order valence-corrected chi connectivity index (χ2v) is 7.32. The second kappa shape index (κ2) is 10.7. The van der Waals surface area contributed by atoms with Crippen molar-refractivity contribution in [1.82, 2.24) is 20.9 Å². The van der Waals surface area contributed by atoms with Crippen molar-refractivity contribution in [2.75, 3.05) is 26.2 Å². The average Bonchev–Trinajstić information content (AvgIpc) is 3.14. The van der Waals surface area contributed by atoms with Gasteiger partial charge in [-0.05, 0) is 38.0 Å². The summed E-state index contributed by atoms with van der Waals surface area (Å²) in [5, 5.41) is 9.51. The van der Waals surface area contributed by atoms with Gasteiger partial charge in [0.25, 0.3) is 5.91 Å². The highest BCUT2D eigenvalue weighted by molar-refractivity contribution is 5.94. The van der Waals surface area contributed by atoms with Crippen LogP contribution in [0.1, 0.15) is 50.0 Å². The largest absolute Gasteiger partial charge is 0.357 e. The van der Waals surface area contributed by atoms with E-state index in [0.717, 1.165) is 31.0 Å². The van der Waals surface area contributed by atoms with Gasteiger partial charge in [-0.3, -0.25) is 9.59 Å². The molecule has 1 aromatic carbocycles. The molecule has 1 heterocycles. The predicted molar refractivity (Wildman–Crippen MR) is 112 cm³/mol. The summed E-state index contributed by atoms with van der Waals surface area (Å²) >= 11 is 0. The molecule has 2 amide bonds. The van der Waals surface area contributed by atoms with Gasteiger partial charge in [0.2, 0.25) is 5.91 Å². The quantitative estimate of drug-likeness (QED) is 0.491. The number of hydrogen-bond acceptors (Lipinski definition) is 3. The minimum Gasteiger partial charge on any atom is -0.357 e. The lowest BCUT2D eigenvalue weighted by Gasteiger charge is -2.20. The number of rotatable bonds is 7. The molecular formula is C21H33N5O2. The van der Waals surface area contributed by atoms with Gasteiger partial charge in [0.05, 0.1) is 6.54 Å². The molecule has 1 saturated heterocycles.